The highest BCUT2D eigenvalue weighted by atomic mass is 19.1. The summed E-state index contributed by atoms with van der Waals surface area (Å²) in [5, 5.41) is 0. The van der Waals surface area contributed by atoms with Gasteiger partial charge in [0.2, 0.25) is 0 Å². The molecule has 1 saturated heterocycles. The van der Waals surface area contributed by atoms with Crippen LogP contribution in [0.2, 0.25) is 0 Å². The first-order chi connectivity index (χ1) is 14.0. The van der Waals surface area contributed by atoms with E-state index in [1.807, 2.05) is 49.1 Å². The quantitative estimate of drug-likeness (QED) is 0.681. The van der Waals surface area contributed by atoms with Crippen molar-refractivity contribution in [2.24, 2.45) is 0 Å². The lowest BCUT2D eigenvalue weighted by molar-refractivity contribution is 0.0746. The predicted molar refractivity (Wildman–Crippen MR) is 111 cm³/mol. The Labute approximate surface area is 169 Å². The van der Waals surface area contributed by atoms with Gasteiger partial charge in [-0.25, -0.2) is 14.4 Å². The molecule has 1 aliphatic rings. The van der Waals surface area contributed by atoms with Crippen LogP contribution in [0.15, 0.2) is 54.6 Å². The minimum atomic E-state index is -0.308. The highest BCUT2D eigenvalue weighted by Gasteiger charge is 2.23. The van der Waals surface area contributed by atoms with Gasteiger partial charge in [-0.2, -0.15) is 0 Å². The van der Waals surface area contributed by atoms with E-state index in [4.69, 9.17) is 0 Å². The molecule has 6 heteroatoms. The van der Waals surface area contributed by atoms with Crippen LogP contribution >= 0.6 is 0 Å². The Morgan fingerprint density at radius 1 is 0.931 bits per heavy atom. The molecule has 148 valence electrons. The van der Waals surface area contributed by atoms with Crippen LogP contribution in [0, 0.1) is 19.7 Å². The van der Waals surface area contributed by atoms with Crippen LogP contribution in [0.3, 0.4) is 0 Å². The number of aromatic nitrogens is 2. The van der Waals surface area contributed by atoms with Gasteiger partial charge in [-0.05, 0) is 38.1 Å². The van der Waals surface area contributed by atoms with Crippen molar-refractivity contribution in [1.82, 2.24) is 14.9 Å². The highest BCUT2D eigenvalue weighted by Crippen LogP contribution is 2.22. The molecule has 3 aromatic rings. The molecule has 1 amide bonds. The summed E-state index contributed by atoms with van der Waals surface area (Å²) >= 11 is 0. The third-order valence-corrected chi connectivity index (χ3v) is 5.11. The SMILES string of the molecule is Cc1ccc(C(=O)N2CCN(c3cc(C)nc(-c4cccc(F)c4)n3)CC2)cc1. The first kappa shape index (κ1) is 19.1. The lowest BCUT2D eigenvalue weighted by Gasteiger charge is -2.35. The number of anilines is 1. The summed E-state index contributed by atoms with van der Waals surface area (Å²) in [5.41, 5.74) is 3.34. The average Bonchev–Trinajstić information content (AvgIpc) is 2.73. The van der Waals surface area contributed by atoms with Crippen molar-refractivity contribution in [3.63, 3.8) is 0 Å². The largest absolute Gasteiger partial charge is 0.353 e. The number of hydrogen-bond acceptors (Lipinski definition) is 4. The zero-order valence-electron chi connectivity index (χ0n) is 16.6. The van der Waals surface area contributed by atoms with E-state index in [1.165, 1.54) is 12.1 Å². The fraction of sp³-hybridized carbons (Fsp3) is 0.261. The number of carbonyl (C=O) groups is 1. The van der Waals surface area contributed by atoms with Crippen LogP contribution in [0.4, 0.5) is 10.2 Å². The smallest absolute Gasteiger partial charge is 0.253 e. The van der Waals surface area contributed by atoms with Crippen LogP contribution < -0.4 is 4.90 Å². The van der Waals surface area contributed by atoms with Crippen LogP contribution in [0.5, 0.6) is 0 Å². The monoisotopic (exact) mass is 390 g/mol. The number of carbonyl (C=O) groups excluding carboxylic acids is 1. The summed E-state index contributed by atoms with van der Waals surface area (Å²) in [4.78, 5) is 25.9. The summed E-state index contributed by atoms with van der Waals surface area (Å²) in [6.07, 6.45) is 0. The maximum Gasteiger partial charge on any atom is 0.253 e. The molecule has 0 aliphatic carbocycles. The van der Waals surface area contributed by atoms with Crippen LogP contribution in [0.25, 0.3) is 11.4 Å². The summed E-state index contributed by atoms with van der Waals surface area (Å²) in [7, 11) is 0. The highest BCUT2D eigenvalue weighted by molar-refractivity contribution is 5.94. The van der Waals surface area contributed by atoms with Gasteiger partial charge in [0.05, 0.1) is 0 Å². The van der Waals surface area contributed by atoms with Gasteiger partial charge in [-0.1, -0.05) is 29.8 Å². The Hall–Kier alpha value is -3.28. The van der Waals surface area contributed by atoms with Crippen LogP contribution in [0.1, 0.15) is 21.6 Å². The minimum Gasteiger partial charge on any atom is -0.353 e. The average molecular weight is 390 g/mol. The normalized spacial score (nSPS) is 14.2. The predicted octanol–water partition coefficient (Wildman–Crippen LogP) is 3.86. The standard InChI is InChI=1S/C23H23FN4O/c1-16-6-8-18(9-7-16)23(29)28-12-10-27(11-13-28)21-14-17(2)25-22(26-21)19-4-3-5-20(24)15-19/h3-9,14-15H,10-13H2,1-2H3. The number of aryl methyl sites for hydroxylation is 2. The maximum absolute atomic E-state index is 13.6. The number of hydrogen-bond donors (Lipinski definition) is 0. The van der Waals surface area contributed by atoms with Crippen molar-refractivity contribution >= 4 is 11.7 Å². The van der Waals surface area contributed by atoms with E-state index >= 15 is 0 Å². The summed E-state index contributed by atoms with van der Waals surface area (Å²) in [6.45, 7) is 6.56. The molecular weight excluding hydrogens is 367 g/mol. The van der Waals surface area contributed by atoms with Gasteiger partial charge in [0.15, 0.2) is 5.82 Å². The number of halogens is 1. The molecule has 0 atom stereocenters. The van der Waals surface area contributed by atoms with Gasteiger partial charge in [-0.3, -0.25) is 4.79 Å². The molecule has 0 saturated carbocycles. The molecule has 2 heterocycles. The van der Waals surface area contributed by atoms with Gasteiger partial charge in [0, 0.05) is 49.1 Å². The van der Waals surface area contributed by atoms with Crippen LogP contribution in [-0.4, -0.2) is 47.0 Å². The van der Waals surface area contributed by atoms with Gasteiger partial charge in [0.1, 0.15) is 11.6 Å². The Morgan fingerprint density at radius 2 is 1.66 bits per heavy atom. The molecule has 0 radical (unpaired) electrons. The lowest BCUT2D eigenvalue weighted by atomic mass is 10.1. The Kier molecular flexibility index (Phi) is 5.25. The number of benzene rings is 2. The zero-order chi connectivity index (χ0) is 20.4. The summed E-state index contributed by atoms with van der Waals surface area (Å²) in [6, 6.07) is 15.9. The molecule has 5 nitrogen and oxygen atoms in total. The maximum atomic E-state index is 13.6. The molecule has 1 aromatic heterocycles. The number of nitrogens with zero attached hydrogens (tertiary/aromatic N) is 4. The lowest BCUT2D eigenvalue weighted by Crippen LogP contribution is -2.49. The molecule has 29 heavy (non-hydrogen) atoms. The summed E-state index contributed by atoms with van der Waals surface area (Å²) < 4.78 is 13.6. The molecule has 0 bridgehead atoms. The second-order valence-electron chi connectivity index (χ2n) is 7.35. The van der Waals surface area contributed by atoms with Crippen molar-refractivity contribution in [3.8, 4) is 11.4 Å². The first-order valence-electron chi connectivity index (χ1n) is 9.72. The molecule has 2 aromatic carbocycles. The van der Waals surface area contributed by atoms with E-state index in [1.54, 1.807) is 12.1 Å². The number of piperazine rings is 1. The Bertz CT molecular complexity index is 1030. The fourth-order valence-electron chi connectivity index (χ4n) is 3.49. The van der Waals surface area contributed by atoms with E-state index in [0.717, 1.165) is 22.6 Å². The molecule has 0 unspecified atom stereocenters. The third kappa shape index (κ3) is 4.26. The molecule has 4 rings (SSSR count). The van der Waals surface area contributed by atoms with Gasteiger partial charge in [0.25, 0.3) is 5.91 Å². The first-order valence-corrected chi connectivity index (χ1v) is 9.72. The van der Waals surface area contributed by atoms with E-state index in [-0.39, 0.29) is 11.7 Å². The fourth-order valence-corrected chi connectivity index (χ4v) is 3.49. The summed E-state index contributed by atoms with van der Waals surface area (Å²) in [5.74, 6) is 1.07. The van der Waals surface area contributed by atoms with Crippen molar-refractivity contribution in [2.75, 3.05) is 31.1 Å². The Morgan fingerprint density at radius 3 is 2.34 bits per heavy atom. The zero-order valence-corrected chi connectivity index (χ0v) is 16.6. The number of rotatable bonds is 3. The molecule has 0 spiro atoms. The molecular formula is C23H23FN4O. The minimum absolute atomic E-state index is 0.0592. The van der Waals surface area contributed by atoms with Crippen molar-refractivity contribution < 1.29 is 9.18 Å². The van der Waals surface area contributed by atoms with E-state index in [2.05, 4.69) is 14.9 Å². The van der Waals surface area contributed by atoms with Gasteiger partial charge >= 0.3 is 0 Å². The second kappa shape index (κ2) is 7.99. The molecule has 1 aliphatic heterocycles. The Balaban J connectivity index is 1.48. The number of amides is 1. The topological polar surface area (TPSA) is 49.3 Å². The van der Waals surface area contributed by atoms with Gasteiger partial charge < -0.3 is 9.80 Å². The van der Waals surface area contributed by atoms with E-state index < -0.39 is 0 Å². The van der Waals surface area contributed by atoms with Gasteiger partial charge in [-0.15, -0.1) is 0 Å². The van der Waals surface area contributed by atoms with Crippen molar-refractivity contribution in [3.05, 3.63) is 77.2 Å². The third-order valence-electron chi connectivity index (χ3n) is 5.11. The van der Waals surface area contributed by atoms with Crippen molar-refractivity contribution in [1.29, 1.82) is 0 Å². The molecule has 0 N–H and O–H groups in total. The van der Waals surface area contributed by atoms with E-state index in [9.17, 15) is 9.18 Å². The molecule has 1 fully saturated rings. The van der Waals surface area contributed by atoms with Crippen LogP contribution in [-0.2, 0) is 0 Å². The van der Waals surface area contributed by atoms with Crippen molar-refractivity contribution in [2.45, 2.75) is 13.8 Å². The van der Waals surface area contributed by atoms with E-state index in [0.29, 0.717) is 37.6 Å². The second-order valence-corrected chi connectivity index (χ2v) is 7.35.